The third kappa shape index (κ3) is 5.91. The van der Waals surface area contributed by atoms with Gasteiger partial charge in [0.15, 0.2) is 0 Å². The van der Waals surface area contributed by atoms with Crippen molar-refractivity contribution in [3.63, 3.8) is 0 Å². The van der Waals surface area contributed by atoms with Gasteiger partial charge in [0.05, 0.1) is 6.42 Å². The Balaban J connectivity index is 1.27. The van der Waals surface area contributed by atoms with Gasteiger partial charge in [-0.3, -0.25) is 9.59 Å². The number of hydrogen-bond donors (Lipinski definition) is 3. The smallest absolute Gasteiger partial charge is 0.407 e. The molecule has 0 bridgehead atoms. The van der Waals surface area contributed by atoms with Gasteiger partial charge in [-0.05, 0) is 47.9 Å². The molecule has 0 aromatic heterocycles. The molecule has 1 unspecified atom stereocenters. The van der Waals surface area contributed by atoms with E-state index >= 15 is 0 Å². The standard InChI is InChI=1S/C28H32N2O5/c1-18(27(33)30-25(16-26(31)32)19-8-2-3-9-19)14-15-29-28(34)35-17-24-22-12-6-4-10-20(22)21-11-5-7-13-23(21)24/h4-7,10-14,19,24-25H,2-3,8-9,15-17H2,1H3,(H,29,34)(H,30,33)(H,31,32)/b18-14+. The lowest BCUT2D eigenvalue weighted by Crippen LogP contribution is -2.41. The first-order valence-corrected chi connectivity index (χ1v) is 12.2. The molecule has 2 aliphatic carbocycles. The van der Waals surface area contributed by atoms with Crippen LogP contribution in [0.25, 0.3) is 11.1 Å². The highest BCUT2D eigenvalue weighted by Crippen LogP contribution is 2.44. The van der Waals surface area contributed by atoms with Crippen LogP contribution >= 0.6 is 0 Å². The van der Waals surface area contributed by atoms with Crippen molar-refractivity contribution < 1.29 is 24.2 Å². The van der Waals surface area contributed by atoms with Gasteiger partial charge in [-0.25, -0.2) is 4.79 Å². The molecule has 2 aliphatic rings. The van der Waals surface area contributed by atoms with Gasteiger partial charge in [-0.1, -0.05) is 67.4 Å². The van der Waals surface area contributed by atoms with Gasteiger partial charge < -0.3 is 20.5 Å². The molecule has 2 aromatic carbocycles. The first kappa shape index (κ1) is 24.5. The summed E-state index contributed by atoms with van der Waals surface area (Å²) in [6.45, 7) is 2.02. The molecule has 1 saturated carbocycles. The van der Waals surface area contributed by atoms with Crippen LogP contribution in [-0.4, -0.2) is 42.3 Å². The summed E-state index contributed by atoms with van der Waals surface area (Å²) >= 11 is 0. The zero-order valence-electron chi connectivity index (χ0n) is 20.0. The van der Waals surface area contributed by atoms with Gasteiger partial charge in [-0.2, -0.15) is 0 Å². The average molecular weight is 477 g/mol. The van der Waals surface area contributed by atoms with Gasteiger partial charge in [0.25, 0.3) is 0 Å². The molecule has 7 nitrogen and oxygen atoms in total. The van der Waals surface area contributed by atoms with Crippen molar-refractivity contribution in [2.45, 2.75) is 51.0 Å². The van der Waals surface area contributed by atoms with E-state index < -0.39 is 12.1 Å². The highest BCUT2D eigenvalue weighted by Gasteiger charge is 2.30. The molecule has 0 aliphatic heterocycles. The molecule has 0 spiro atoms. The minimum absolute atomic E-state index is 0.0158. The number of carbonyl (C=O) groups excluding carboxylic acids is 2. The largest absolute Gasteiger partial charge is 0.481 e. The molecule has 35 heavy (non-hydrogen) atoms. The van der Waals surface area contributed by atoms with Crippen molar-refractivity contribution in [1.29, 1.82) is 0 Å². The number of benzene rings is 2. The molecular formula is C28H32N2O5. The molecular weight excluding hydrogens is 444 g/mol. The molecule has 184 valence electrons. The van der Waals surface area contributed by atoms with Crippen molar-refractivity contribution in [3.8, 4) is 11.1 Å². The summed E-state index contributed by atoms with van der Waals surface area (Å²) < 4.78 is 5.51. The van der Waals surface area contributed by atoms with Crippen LogP contribution in [0.15, 0.2) is 60.2 Å². The first-order valence-electron chi connectivity index (χ1n) is 12.2. The highest BCUT2D eigenvalue weighted by atomic mass is 16.5. The van der Waals surface area contributed by atoms with Crippen LogP contribution in [0.2, 0.25) is 0 Å². The lowest BCUT2D eigenvalue weighted by Gasteiger charge is -2.23. The summed E-state index contributed by atoms with van der Waals surface area (Å²) in [6.07, 6.45) is 4.98. The van der Waals surface area contributed by atoms with Crippen LogP contribution in [-0.2, 0) is 14.3 Å². The van der Waals surface area contributed by atoms with E-state index in [9.17, 15) is 19.5 Å². The fourth-order valence-electron chi connectivity index (χ4n) is 5.20. The van der Waals surface area contributed by atoms with Gasteiger partial charge in [0, 0.05) is 24.1 Å². The highest BCUT2D eigenvalue weighted by molar-refractivity contribution is 5.93. The lowest BCUT2D eigenvalue weighted by molar-refractivity contribution is -0.138. The van der Waals surface area contributed by atoms with Crippen LogP contribution in [0.3, 0.4) is 0 Å². The first-order chi connectivity index (χ1) is 16.9. The van der Waals surface area contributed by atoms with Crippen molar-refractivity contribution in [2.24, 2.45) is 5.92 Å². The number of amides is 2. The van der Waals surface area contributed by atoms with Gasteiger partial charge in [0.2, 0.25) is 5.91 Å². The predicted molar refractivity (Wildman–Crippen MR) is 133 cm³/mol. The minimum Gasteiger partial charge on any atom is -0.481 e. The second kappa shape index (κ2) is 11.2. The zero-order chi connectivity index (χ0) is 24.8. The number of hydrogen-bond acceptors (Lipinski definition) is 4. The second-order valence-corrected chi connectivity index (χ2v) is 9.32. The number of fused-ring (bicyclic) bond motifs is 3. The number of nitrogens with one attached hydrogen (secondary N) is 2. The third-order valence-corrected chi connectivity index (χ3v) is 7.04. The molecule has 3 N–H and O–H groups in total. The van der Waals surface area contributed by atoms with E-state index in [1.54, 1.807) is 13.0 Å². The maximum atomic E-state index is 12.6. The van der Waals surface area contributed by atoms with Gasteiger partial charge in [-0.15, -0.1) is 0 Å². The van der Waals surface area contributed by atoms with Crippen LogP contribution in [0.5, 0.6) is 0 Å². The Labute approximate surface area is 205 Å². The van der Waals surface area contributed by atoms with Gasteiger partial charge in [0.1, 0.15) is 6.61 Å². The fourth-order valence-corrected chi connectivity index (χ4v) is 5.20. The summed E-state index contributed by atoms with van der Waals surface area (Å²) in [5.74, 6) is -1.04. The molecule has 2 amide bonds. The van der Waals surface area contributed by atoms with Crippen LogP contribution in [0.4, 0.5) is 4.79 Å². The van der Waals surface area contributed by atoms with Crippen LogP contribution in [0, 0.1) is 5.92 Å². The van der Waals surface area contributed by atoms with E-state index in [-0.39, 0.29) is 43.4 Å². The Morgan fingerprint density at radius 1 is 1.03 bits per heavy atom. The quantitative estimate of drug-likeness (QED) is 0.458. The van der Waals surface area contributed by atoms with Gasteiger partial charge >= 0.3 is 12.1 Å². The number of carboxylic acids is 1. The van der Waals surface area contributed by atoms with E-state index in [1.165, 1.54) is 11.1 Å². The van der Waals surface area contributed by atoms with Crippen molar-refractivity contribution >= 4 is 18.0 Å². The number of rotatable bonds is 9. The molecule has 4 rings (SSSR count). The molecule has 7 heteroatoms. The number of aliphatic carboxylic acids is 1. The number of carbonyl (C=O) groups is 3. The number of alkyl carbamates (subject to hydrolysis) is 1. The van der Waals surface area contributed by atoms with Crippen LogP contribution in [0.1, 0.15) is 56.1 Å². The molecule has 0 saturated heterocycles. The SMILES string of the molecule is C/C(=C\CNC(=O)OCC1c2ccccc2-c2ccccc21)C(=O)NC(CC(=O)O)C1CCCC1. The van der Waals surface area contributed by atoms with Crippen molar-refractivity contribution in [3.05, 3.63) is 71.3 Å². The van der Waals surface area contributed by atoms with E-state index in [2.05, 4.69) is 34.9 Å². The molecule has 2 aromatic rings. The van der Waals surface area contributed by atoms with Crippen molar-refractivity contribution in [2.75, 3.05) is 13.2 Å². The van der Waals surface area contributed by atoms with Crippen molar-refractivity contribution in [1.82, 2.24) is 10.6 Å². The van der Waals surface area contributed by atoms with E-state index in [1.807, 2.05) is 24.3 Å². The van der Waals surface area contributed by atoms with E-state index in [4.69, 9.17) is 4.74 Å². The fraction of sp³-hybridized carbons (Fsp3) is 0.393. The monoisotopic (exact) mass is 476 g/mol. The molecule has 1 atom stereocenters. The average Bonchev–Trinajstić information content (AvgIpc) is 3.49. The predicted octanol–water partition coefficient (Wildman–Crippen LogP) is 4.62. The molecule has 0 radical (unpaired) electrons. The normalized spacial score (nSPS) is 16.3. The summed E-state index contributed by atoms with van der Waals surface area (Å²) in [4.78, 5) is 36.1. The van der Waals surface area contributed by atoms with Crippen LogP contribution < -0.4 is 10.6 Å². The summed E-state index contributed by atoms with van der Waals surface area (Å²) in [5, 5.41) is 14.8. The zero-order valence-corrected chi connectivity index (χ0v) is 20.0. The second-order valence-electron chi connectivity index (χ2n) is 9.32. The number of carboxylic acid groups (broad SMARTS) is 1. The Morgan fingerprint density at radius 2 is 1.63 bits per heavy atom. The maximum absolute atomic E-state index is 12.6. The molecule has 1 fully saturated rings. The Bertz CT molecular complexity index is 1070. The maximum Gasteiger partial charge on any atom is 0.407 e. The summed E-state index contributed by atoms with van der Waals surface area (Å²) in [5.41, 5.74) is 5.05. The Hall–Kier alpha value is -3.61. The lowest BCUT2D eigenvalue weighted by atomic mass is 9.95. The Kier molecular flexibility index (Phi) is 7.85. The van der Waals surface area contributed by atoms with E-state index in [0.717, 1.165) is 36.8 Å². The topological polar surface area (TPSA) is 105 Å². The number of ether oxygens (including phenoxy) is 1. The summed E-state index contributed by atoms with van der Waals surface area (Å²) in [7, 11) is 0. The molecule has 0 heterocycles. The summed E-state index contributed by atoms with van der Waals surface area (Å²) in [6, 6.07) is 15.9. The van der Waals surface area contributed by atoms with E-state index in [0.29, 0.717) is 5.57 Å². The minimum atomic E-state index is -0.916. The Morgan fingerprint density at radius 3 is 2.23 bits per heavy atom. The third-order valence-electron chi connectivity index (χ3n) is 7.04.